The molecule has 0 spiro atoms. The zero-order valence-electron chi connectivity index (χ0n) is 8.32. The average Bonchev–Trinajstić information content (AvgIpc) is 2.66. The first-order valence-electron chi connectivity index (χ1n) is 4.55. The first-order valence-corrected chi connectivity index (χ1v) is 5.34. The second-order valence-electron chi connectivity index (χ2n) is 3.26. The summed E-state index contributed by atoms with van der Waals surface area (Å²) in [5, 5.41) is 12.9. The van der Waals surface area contributed by atoms with Crippen LogP contribution in [-0.4, -0.2) is 15.2 Å². The van der Waals surface area contributed by atoms with E-state index in [1.54, 1.807) is 0 Å². The summed E-state index contributed by atoms with van der Waals surface area (Å²) in [5.41, 5.74) is 0.608. The minimum atomic E-state index is -0.819. The molecule has 0 radical (unpaired) electrons. The molecule has 2 aromatic rings. The lowest BCUT2D eigenvalue weighted by molar-refractivity contribution is 0.152. The maximum absolute atomic E-state index is 12.9. The quantitative estimate of drug-likeness (QED) is 0.922. The second-order valence-corrected chi connectivity index (χ2v) is 4.11. The maximum atomic E-state index is 12.9. The zero-order valence-corrected chi connectivity index (χ0v) is 9.90. The molecule has 0 saturated heterocycles. The minimum Gasteiger partial charge on any atom is -0.384 e. The number of hydrogen-bond donors (Lipinski definition) is 1. The van der Waals surface area contributed by atoms with Gasteiger partial charge in [-0.3, -0.25) is 0 Å². The summed E-state index contributed by atoms with van der Waals surface area (Å²) in [7, 11) is 0. The van der Waals surface area contributed by atoms with Crippen LogP contribution < -0.4 is 0 Å². The van der Waals surface area contributed by atoms with E-state index in [2.05, 4.69) is 26.1 Å². The molecule has 0 amide bonds. The number of benzene rings is 1. The number of rotatable bonds is 2. The van der Waals surface area contributed by atoms with Crippen LogP contribution in [0.2, 0.25) is 0 Å². The summed E-state index contributed by atoms with van der Waals surface area (Å²) < 4.78 is 18.2. The van der Waals surface area contributed by atoms with E-state index >= 15 is 0 Å². The Bertz CT molecular complexity index is 513. The van der Waals surface area contributed by atoms with Crippen LogP contribution in [0.5, 0.6) is 0 Å². The largest absolute Gasteiger partial charge is 0.384 e. The van der Waals surface area contributed by atoms with Crippen LogP contribution in [0.15, 0.2) is 27.2 Å². The summed E-state index contributed by atoms with van der Waals surface area (Å²) in [6.45, 7) is 1.52. The molecule has 1 atom stereocenters. The van der Waals surface area contributed by atoms with E-state index in [0.717, 1.165) is 0 Å². The summed E-state index contributed by atoms with van der Waals surface area (Å²) in [5.74, 6) is 0.0869. The number of aromatic nitrogens is 2. The van der Waals surface area contributed by atoms with Crippen LogP contribution in [0.25, 0.3) is 11.4 Å². The molecule has 0 bridgehead atoms. The highest BCUT2D eigenvalue weighted by Crippen LogP contribution is 2.27. The molecule has 84 valence electrons. The van der Waals surface area contributed by atoms with Gasteiger partial charge in [-0.15, -0.1) is 0 Å². The van der Waals surface area contributed by atoms with Crippen LogP contribution in [0, 0.1) is 5.82 Å². The molecule has 1 aromatic heterocycles. The van der Waals surface area contributed by atoms with Crippen molar-refractivity contribution in [2.24, 2.45) is 0 Å². The van der Waals surface area contributed by atoms with Crippen LogP contribution in [0.1, 0.15) is 18.9 Å². The van der Waals surface area contributed by atoms with Gasteiger partial charge in [0.2, 0.25) is 5.82 Å². The van der Waals surface area contributed by atoms with Gasteiger partial charge in [0.25, 0.3) is 5.89 Å². The van der Waals surface area contributed by atoms with Gasteiger partial charge in [-0.1, -0.05) is 5.16 Å². The molecule has 1 heterocycles. The van der Waals surface area contributed by atoms with Crippen LogP contribution in [0.4, 0.5) is 4.39 Å². The molecule has 1 aromatic carbocycles. The van der Waals surface area contributed by atoms with E-state index in [1.807, 2.05) is 0 Å². The van der Waals surface area contributed by atoms with Gasteiger partial charge in [-0.2, -0.15) is 4.98 Å². The predicted molar refractivity (Wildman–Crippen MR) is 58.0 cm³/mol. The zero-order chi connectivity index (χ0) is 11.7. The molecular weight excluding hydrogens is 279 g/mol. The highest BCUT2D eigenvalue weighted by Gasteiger charge is 2.14. The standard InChI is InChI=1S/C10H8BrFN2O2/c1-5(15)10-13-9(14-16-10)7-3-2-6(12)4-8(7)11/h2-5,15H,1H3/t5-/m0/s1. The van der Waals surface area contributed by atoms with E-state index in [9.17, 15) is 9.50 Å². The smallest absolute Gasteiger partial charge is 0.255 e. The third-order valence-corrected chi connectivity index (χ3v) is 2.63. The first-order chi connectivity index (χ1) is 7.58. The number of nitrogens with zero attached hydrogens (tertiary/aromatic N) is 2. The van der Waals surface area contributed by atoms with Crippen LogP contribution in [0.3, 0.4) is 0 Å². The molecule has 0 unspecified atom stereocenters. The summed E-state index contributed by atoms with van der Waals surface area (Å²) in [6, 6.07) is 4.16. The lowest BCUT2D eigenvalue weighted by Gasteiger charge is -1.98. The van der Waals surface area contributed by atoms with E-state index in [0.29, 0.717) is 15.9 Å². The summed E-state index contributed by atoms with van der Waals surface area (Å²) in [4.78, 5) is 3.99. The Morgan fingerprint density at radius 2 is 2.25 bits per heavy atom. The molecule has 0 aliphatic heterocycles. The fourth-order valence-electron chi connectivity index (χ4n) is 1.19. The number of hydrogen-bond acceptors (Lipinski definition) is 4. The van der Waals surface area contributed by atoms with Crippen molar-refractivity contribution < 1.29 is 14.0 Å². The Balaban J connectivity index is 2.42. The molecule has 0 aliphatic rings. The van der Waals surface area contributed by atoms with Gasteiger partial charge >= 0.3 is 0 Å². The van der Waals surface area contributed by atoms with Crippen molar-refractivity contribution in [1.29, 1.82) is 0 Å². The topological polar surface area (TPSA) is 59.2 Å². The monoisotopic (exact) mass is 286 g/mol. The first kappa shape index (κ1) is 11.2. The van der Waals surface area contributed by atoms with E-state index < -0.39 is 6.10 Å². The van der Waals surface area contributed by atoms with Crippen molar-refractivity contribution in [3.63, 3.8) is 0 Å². The second kappa shape index (κ2) is 4.31. The van der Waals surface area contributed by atoms with Gasteiger partial charge in [-0.25, -0.2) is 4.39 Å². The van der Waals surface area contributed by atoms with Crippen molar-refractivity contribution in [3.8, 4) is 11.4 Å². The Morgan fingerprint density at radius 1 is 1.50 bits per heavy atom. The van der Waals surface area contributed by atoms with Crippen molar-refractivity contribution in [2.45, 2.75) is 13.0 Å². The van der Waals surface area contributed by atoms with Gasteiger partial charge in [0, 0.05) is 10.0 Å². The van der Waals surface area contributed by atoms with Crippen LogP contribution in [-0.2, 0) is 0 Å². The van der Waals surface area contributed by atoms with E-state index in [4.69, 9.17) is 4.52 Å². The Kier molecular flexibility index (Phi) is 3.02. The number of aliphatic hydroxyl groups is 1. The van der Waals surface area contributed by atoms with Gasteiger partial charge in [-0.05, 0) is 41.1 Å². The summed E-state index contributed by atoms with van der Waals surface area (Å²) >= 11 is 3.21. The van der Waals surface area contributed by atoms with E-state index in [-0.39, 0.29) is 11.7 Å². The van der Waals surface area contributed by atoms with Gasteiger partial charge < -0.3 is 9.63 Å². The highest BCUT2D eigenvalue weighted by molar-refractivity contribution is 9.10. The third kappa shape index (κ3) is 2.12. The molecule has 0 fully saturated rings. The summed E-state index contributed by atoms with van der Waals surface area (Å²) in [6.07, 6.45) is -0.819. The van der Waals surface area contributed by atoms with Crippen LogP contribution >= 0.6 is 15.9 Å². The fraction of sp³-hybridized carbons (Fsp3) is 0.200. The van der Waals surface area contributed by atoms with Gasteiger partial charge in [0.1, 0.15) is 11.9 Å². The average molecular weight is 287 g/mol. The molecular formula is C10H8BrFN2O2. The molecule has 6 heteroatoms. The molecule has 0 saturated carbocycles. The molecule has 1 N–H and O–H groups in total. The Hall–Kier alpha value is -1.27. The molecule has 2 rings (SSSR count). The van der Waals surface area contributed by atoms with Crippen molar-refractivity contribution in [1.82, 2.24) is 10.1 Å². The lowest BCUT2D eigenvalue weighted by Crippen LogP contribution is -1.90. The van der Waals surface area contributed by atoms with Crippen molar-refractivity contribution >= 4 is 15.9 Å². The molecule has 16 heavy (non-hydrogen) atoms. The van der Waals surface area contributed by atoms with Crippen molar-refractivity contribution in [2.75, 3.05) is 0 Å². The minimum absolute atomic E-state index is 0.131. The third-order valence-electron chi connectivity index (χ3n) is 1.97. The SMILES string of the molecule is C[C@H](O)c1nc(-c2ccc(F)cc2Br)no1. The number of halogens is 2. The number of aliphatic hydroxyl groups excluding tert-OH is 1. The van der Waals surface area contributed by atoms with E-state index in [1.165, 1.54) is 25.1 Å². The Morgan fingerprint density at radius 3 is 2.81 bits per heavy atom. The lowest BCUT2D eigenvalue weighted by atomic mass is 10.2. The Labute approximate surface area is 99.2 Å². The predicted octanol–water partition coefficient (Wildman–Crippen LogP) is 2.69. The van der Waals surface area contributed by atoms with Gasteiger partial charge in [0.05, 0.1) is 0 Å². The molecule has 0 aliphatic carbocycles. The fourth-order valence-corrected chi connectivity index (χ4v) is 1.71. The molecule has 4 nitrogen and oxygen atoms in total. The van der Waals surface area contributed by atoms with Crippen molar-refractivity contribution in [3.05, 3.63) is 34.4 Å². The highest BCUT2D eigenvalue weighted by atomic mass is 79.9. The normalized spacial score (nSPS) is 12.8. The maximum Gasteiger partial charge on any atom is 0.255 e. The van der Waals surface area contributed by atoms with Gasteiger partial charge in [0.15, 0.2) is 0 Å².